The van der Waals surface area contributed by atoms with E-state index in [9.17, 15) is 9.18 Å². The van der Waals surface area contributed by atoms with Crippen molar-refractivity contribution >= 4 is 34.6 Å². The van der Waals surface area contributed by atoms with Crippen molar-refractivity contribution < 1.29 is 9.18 Å². The topological polar surface area (TPSA) is 41.5 Å². The summed E-state index contributed by atoms with van der Waals surface area (Å²) in [5.41, 5.74) is 3.79. The molecule has 23 heavy (non-hydrogen) atoms. The monoisotopic (exact) mass is 326 g/mol. The fourth-order valence-corrected chi connectivity index (χ4v) is 2.98. The number of amidine groups is 1. The molecule has 1 heterocycles. The first-order chi connectivity index (χ1) is 11.0. The maximum Gasteiger partial charge on any atom is 0.264 e. The van der Waals surface area contributed by atoms with Crippen LogP contribution in [0.2, 0.25) is 0 Å². The molecule has 0 unspecified atom stereocenters. The summed E-state index contributed by atoms with van der Waals surface area (Å²) < 4.78 is 13.2. The van der Waals surface area contributed by atoms with E-state index in [4.69, 9.17) is 0 Å². The number of amides is 1. The van der Waals surface area contributed by atoms with Crippen molar-refractivity contribution in [2.45, 2.75) is 13.8 Å². The van der Waals surface area contributed by atoms with Crippen LogP contribution in [0.15, 0.2) is 52.4 Å². The van der Waals surface area contributed by atoms with Gasteiger partial charge in [0.1, 0.15) is 5.82 Å². The molecule has 1 N–H and O–H groups in total. The molecule has 2 aromatic rings. The zero-order chi connectivity index (χ0) is 16.4. The number of aryl methyl sites for hydroxylation is 2. The van der Waals surface area contributed by atoms with Gasteiger partial charge >= 0.3 is 0 Å². The highest BCUT2D eigenvalue weighted by Crippen LogP contribution is 2.28. The fraction of sp³-hybridized carbons (Fsp3) is 0.111. The summed E-state index contributed by atoms with van der Waals surface area (Å²) in [5.74, 6) is -0.548. The van der Waals surface area contributed by atoms with Gasteiger partial charge in [-0.1, -0.05) is 18.2 Å². The standard InChI is InChI=1S/C18H15FN2OS/c1-11-6-7-15(8-12(11)2)20-18-21-17(22)16(23-18)10-13-4-3-5-14(19)9-13/h3-10H,1-2H3,(H,20,21,22)/b16-10+. The van der Waals surface area contributed by atoms with Crippen molar-refractivity contribution in [2.75, 3.05) is 0 Å². The molecule has 3 rings (SSSR count). The third-order valence-corrected chi connectivity index (χ3v) is 4.43. The lowest BCUT2D eigenvalue weighted by Crippen LogP contribution is -2.19. The molecule has 0 bridgehead atoms. The number of halogens is 1. The zero-order valence-corrected chi connectivity index (χ0v) is 13.6. The minimum Gasteiger partial charge on any atom is -0.300 e. The summed E-state index contributed by atoms with van der Waals surface area (Å²) in [4.78, 5) is 17.0. The Morgan fingerprint density at radius 1 is 1.13 bits per heavy atom. The van der Waals surface area contributed by atoms with Gasteiger partial charge in [0, 0.05) is 0 Å². The molecule has 1 saturated heterocycles. The molecule has 1 aliphatic heterocycles. The Balaban J connectivity index is 1.84. The molecule has 116 valence electrons. The first-order valence-corrected chi connectivity index (χ1v) is 7.95. The van der Waals surface area contributed by atoms with E-state index < -0.39 is 0 Å². The Kier molecular flexibility index (Phi) is 4.30. The van der Waals surface area contributed by atoms with Gasteiger partial charge in [-0.2, -0.15) is 0 Å². The second-order valence-corrected chi connectivity index (χ2v) is 6.34. The molecule has 0 aliphatic carbocycles. The van der Waals surface area contributed by atoms with Gasteiger partial charge in [0.25, 0.3) is 5.91 Å². The number of hydrogen-bond acceptors (Lipinski definition) is 3. The van der Waals surface area contributed by atoms with Crippen molar-refractivity contribution in [3.05, 3.63) is 69.9 Å². The van der Waals surface area contributed by atoms with Crippen LogP contribution in [0.1, 0.15) is 16.7 Å². The number of carbonyl (C=O) groups excluding carboxylic acids is 1. The molecule has 0 saturated carbocycles. The van der Waals surface area contributed by atoms with E-state index in [0.717, 1.165) is 11.3 Å². The number of aliphatic imine (C=N–C) groups is 1. The fourth-order valence-electron chi connectivity index (χ4n) is 2.14. The van der Waals surface area contributed by atoms with Gasteiger partial charge in [-0.3, -0.25) is 4.79 Å². The van der Waals surface area contributed by atoms with Gasteiger partial charge in [0.2, 0.25) is 0 Å². The normalized spacial score (nSPS) is 17.8. The summed E-state index contributed by atoms with van der Waals surface area (Å²) in [5, 5.41) is 3.26. The number of nitrogens with one attached hydrogen (secondary N) is 1. The molecule has 0 atom stereocenters. The average molecular weight is 326 g/mol. The molecule has 1 amide bonds. The van der Waals surface area contributed by atoms with Gasteiger partial charge in [-0.15, -0.1) is 0 Å². The van der Waals surface area contributed by atoms with E-state index in [0.29, 0.717) is 15.6 Å². The van der Waals surface area contributed by atoms with E-state index in [1.165, 1.54) is 29.5 Å². The van der Waals surface area contributed by atoms with Gasteiger partial charge in [-0.25, -0.2) is 9.38 Å². The van der Waals surface area contributed by atoms with Crippen LogP contribution < -0.4 is 5.32 Å². The molecule has 2 aromatic carbocycles. The van der Waals surface area contributed by atoms with E-state index >= 15 is 0 Å². The Morgan fingerprint density at radius 3 is 2.70 bits per heavy atom. The summed E-state index contributed by atoms with van der Waals surface area (Å²) in [6, 6.07) is 12.0. The maximum absolute atomic E-state index is 13.2. The Labute approximate surface area is 138 Å². The third-order valence-electron chi connectivity index (χ3n) is 3.52. The molecular weight excluding hydrogens is 311 g/mol. The quantitative estimate of drug-likeness (QED) is 0.834. The van der Waals surface area contributed by atoms with E-state index in [2.05, 4.69) is 10.3 Å². The van der Waals surface area contributed by atoms with Gasteiger partial charge in [0.05, 0.1) is 10.6 Å². The van der Waals surface area contributed by atoms with Crippen LogP contribution in [0, 0.1) is 19.7 Å². The summed E-state index contributed by atoms with van der Waals surface area (Å²) >= 11 is 1.25. The van der Waals surface area contributed by atoms with Crippen molar-refractivity contribution in [1.29, 1.82) is 0 Å². The highest BCUT2D eigenvalue weighted by Gasteiger charge is 2.23. The molecule has 0 spiro atoms. The highest BCUT2D eigenvalue weighted by atomic mass is 32.2. The van der Waals surface area contributed by atoms with Crippen molar-refractivity contribution in [3.8, 4) is 0 Å². The van der Waals surface area contributed by atoms with Crippen molar-refractivity contribution in [2.24, 2.45) is 4.99 Å². The molecule has 0 radical (unpaired) electrons. The Hall–Kier alpha value is -2.40. The van der Waals surface area contributed by atoms with E-state index in [-0.39, 0.29) is 11.7 Å². The number of rotatable bonds is 2. The predicted octanol–water partition coefficient (Wildman–Crippen LogP) is 4.33. The largest absolute Gasteiger partial charge is 0.300 e. The molecule has 3 nitrogen and oxygen atoms in total. The smallest absolute Gasteiger partial charge is 0.264 e. The van der Waals surface area contributed by atoms with Crippen molar-refractivity contribution in [3.63, 3.8) is 0 Å². The van der Waals surface area contributed by atoms with E-state index in [1.807, 2.05) is 32.0 Å². The SMILES string of the molecule is Cc1ccc(N=C2NC(=O)/C(=C\c3cccc(F)c3)S2)cc1C. The highest BCUT2D eigenvalue weighted by molar-refractivity contribution is 8.18. The lowest BCUT2D eigenvalue weighted by atomic mass is 10.1. The number of hydrogen-bond donors (Lipinski definition) is 1. The van der Waals surface area contributed by atoms with Crippen LogP contribution in [-0.4, -0.2) is 11.1 Å². The van der Waals surface area contributed by atoms with Gasteiger partial charge < -0.3 is 5.32 Å². The molecule has 0 aromatic heterocycles. The van der Waals surface area contributed by atoms with E-state index in [1.54, 1.807) is 18.2 Å². The zero-order valence-electron chi connectivity index (χ0n) is 12.8. The predicted molar refractivity (Wildman–Crippen MR) is 93.1 cm³/mol. The maximum atomic E-state index is 13.2. The second kappa shape index (κ2) is 6.38. The lowest BCUT2D eigenvalue weighted by molar-refractivity contribution is -0.115. The molecule has 1 fully saturated rings. The third kappa shape index (κ3) is 3.68. The number of carbonyl (C=O) groups is 1. The summed E-state index contributed by atoms with van der Waals surface area (Å²) in [7, 11) is 0. The first-order valence-electron chi connectivity index (χ1n) is 7.14. The molecule has 1 aliphatic rings. The molecular formula is C18H15FN2OS. The average Bonchev–Trinajstić information content (AvgIpc) is 2.83. The first kappa shape index (κ1) is 15.5. The Bertz CT molecular complexity index is 843. The minimum atomic E-state index is -0.327. The number of thioether (sulfide) groups is 1. The summed E-state index contributed by atoms with van der Waals surface area (Å²) in [6.45, 7) is 4.06. The van der Waals surface area contributed by atoms with Crippen LogP contribution in [0.4, 0.5) is 10.1 Å². The summed E-state index contributed by atoms with van der Waals surface area (Å²) in [6.07, 6.45) is 1.66. The van der Waals surface area contributed by atoms with Gasteiger partial charge in [-0.05, 0) is 72.6 Å². The molecule has 5 heteroatoms. The second-order valence-electron chi connectivity index (χ2n) is 5.31. The van der Waals surface area contributed by atoms with Crippen LogP contribution in [0.3, 0.4) is 0 Å². The van der Waals surface area contributed by atoms with Crippen LogP contribution >= 0.6 is 11.8 Å². The van der Waals surface area contributed by atoms with Crippen molar-refractivity contribution in [1.82, 2.24) is 5.32 Å². The Morgan fingerprint density at radius 2 is 1.96 bits per heavy atom. The van der Waals surface area contributed by atoms with Crippen LogP contribution in [0.25, 0.3) is 6.08 Å². The number of nitrogens with zero attached hydrogens (tertiary/aromatic N) is 1. The minimum absolute atomic E-state index is 0.221. The number of benzene rings is 2. The van der Waals surface area contributed by atoms with Crippen LogP contribution in [0.5, 0.6) is 0 Å². The lowest BCUT2D eigenvalue weighted by Gasteiger charge is -2.01. The van der Waals surface area contributed by atoms with Gasteiger partial charge in [0.15, 0.2) is 5.17 Å². The van der Waals surface area contributed by atoms with Crippen LogP contribution in [-0.2, 0) is 4.79 Å².